The van der Waals surface area contributed by atoms with Crippen molar-refractivity contribution in [3.8, 4) is 5.69 Å². The summed E-state index contributed by atoms with van der Waals surface area (Å²) in [6.45, 7) is 5.87. The number of nitrogens with two attached hydrogens (primary N) is 1. The van der Waals surface area contributed by atoms with Crippen molar-refractivity contribution in [2.24, 2.45) is 5.73 Å². The summed E-state index contributed by atoms with van der Waals surface area (Å²) < 4.78 is 2.28. The third-order valence-corrected chi connectivity index (χ3v) is 7.80. The third-order valence-electron chi connectivity index (χ3n) is 6.83. The highest BCUT2D eigenvalue weighted by molar-refractivity contribution is 7.99. The molecule has 2 saturated heterocycles. The molecule has 1 unspecified atom stereocenters. The predicted molar refractivity (Wildman–Crippen MR) is 141 cm³/mol. The first-order valence-corrected chi connectivity index (χ1v) is 13.5. The van der Waals surface area contributed by atoms with Crippen LogP contribution in [0, 0.1) is 0 Å². The van der Waals surface area contributed by atoms with Crippen LogP contribution in [0.4, 0.5) is 5.95 Å². The fraction of sp³-hybridized carbons (Fsp3) is 0.462. The molecule has 3 aromatic rings. The molecule has 1 atom stereocenters. The topological polar surface area (TPSA) is 70.6 Å². The molecule has 0 bridgehead atoms. The van der Waals surface area contributed by atoms with E-state index < -0.39 is 0 Å². The number of imidazole rings is 1. The Morgan fingerprint density at radius 2 is 1.74 bits per heavy atom. The van der Waals surface area contributed by atoms with Crippen LogP contribution in [0.25, 0.3) is 16.7 Å². The lowest BCUT2D eigenvalue weighted by Crippen LogP contribution is -2.47. The summed E-state index contributed by atoms with van der Waals surface area (Å²) in [5.41, 5.74) is 9.48. The molecule has 2 aromatic carbocycles. The normalized spacial score (nSPS) is 18.0. The second-order valence-corrected chi connectivity index (χ2v) is 10.2. The smallest absolute Gasteiger partial charge is 0.240 e. The van der Waals surface area contributed by atoms with Crippen molar-refractivity contribution in [3.63, 3.8) is 0 Å². The first kappa shape index (κ1) is 23.2. The van der Waals surface area contributed by atoms with Gasteiger partial charge in [0.2, 0.25) is 11.9 Å². The van der Waals surface area contributed by atoms with Crippen molar-refractivity contribution < 1.29 is 4.79 Å². The van der Waals surface area contributed by atoms with Crippen molar-refractivity contribution >= 4 is 34.7 Å². The Bertz CT molecular complexity index is 1090. The SMILES string of the molecule is NC(CCCCN1CCN(c2nc3ccccc3n2-c2ccccc2)CC1)C(=O)N1CCSC1. The van der Waals surface area contributed by atoms with E-state index in [0.29, 0.717) is 0 Å². The van der Waals surface area contributed by atoms with Crippen LogP contribution in [0.2, 0.25) is 0 Å². The van der Waals surface area contributed by atoms with Crippen LogP contribution in [0.15, 0.2) is 54.6 Å². The maximum atomic E-state index is 12.4. The first-order valence-electron chi connectivity index (χ1n) is 12.3. The number of benzene rings is 2. The highest BCUT2D eigenvalue weighted by Crippen LogP contribution is 2.27. The Morgan fingerprint density at radius 1 is 0.971 bits per heavy atom. The molecular weight excluding hydrogens is 444 g/mol. The average molecular weight is 479 g/mol. The van der Waals surface area contributed by atoms with Gasteiger partial charge in [-0.2, -0.15) is 0 Å². The zero-order valence-corrected chi connectivity index (χ0v) is 20.5. The van der Waals surface area contributed by atoms with Crippen LogP contribution in [0.5, 0.6) is 0 Å². The van der Waals surface area contributed by atoms with E-state index in [0.717, 1.165) is 92.8 Å². The van der Waals surface area contributed by atoms with Crippen LogP contribution >= 0.6 is 11.8 Å². The van der Waals surface area contributed by atoms with Gasteiger partial charge in [0.1, 0.15) is 0 Å². The molecule has 2 N–H and O–H groups in total. The van der Waals surface area contributed by atoms with Gasteiger partial charge in [-0.15, -0.1) is 11.8 Å². The number of carbonyl (C=O) groups excluding carboxylic acids is 1. The Balaban J connectivity index is 1.14. The van der Waals surface area contributed by atoms with E-state index in [4.69, 9.17) is 10.7 Å². The molecule has 3 heterocycles. The number of nitrogens with zero attached hydrogens (tertiary/aromatic N) is 5. The molecule has 0 saturated carbocycles. The number of amides is 1. The van der Waals surface area contributed by atoms with Crippen LogP contribution in [-0.4, -0.2) is 82.2 Å². The molecule has 2 aliphatic heterocycles. The van der Waals surface area contributed by atoms with Gasteiger partial charge in [0.25, 0.3) is 0 Å². The number of rotatable bonds is 8. The third kappa shape index (κ3) is 5.09. The second kappa shape index (κ2) is 10.8. The van der Waals surface area contributed by atoms with Gasteiger partial charge in [-0.3, -0.25) is 14.3 Å². The minimum Gasteiger partial charge on any atom is -0.339 e. The van der Waals surface area contributed by atoms with Gasteiger partial charge < -0.3 is 15.5 Å². The molecule has 0 spiro atoms. The Morgan fingerprint density at radius 3 is 2.50 bits per heavy atom. The van der Waals surface area contributed by atoms with Crippen molar-refractivity contribution in [1.29, 1.82) is 0 Å². The average Bonchev–Trinajstić information content (AvgIpc) is 3.55. The van der Waals surface area contributed by atoms with Crippen molar-refractivity contribution in [2.75, 3.05) is 55.8 Å². The lowest BCUT2D eigenvalue weighted by Gasteiger charge is -2.35. The van der Waals surface area contributed by atoms with E-state index in [-0.39, 0.29) is 11.9 Å². The summed E-state index contributed by atoms with van der Waals surface area (Å²) in [7, 11) is 0. The number of hydrogen-bond donors (Lipinski definition) is 1. The number of anilines is 1. The zero-order valence-electron chi connectivity index (χ0n) is 19.7. The zero-order chi connectivity index (χ0) is 23.3. The van der Waals surface area contributed by atoms with Gasteiger partial charge in [-0.05, 0) is 43.7 Å². The number of fused-ring (bicyclic) bond motifs is 1. The molecule has 34 heavy (non-hydrogen) atoms. The van der Waals surface area contributed by atoms with Gasteiger partial charge in [-0.1, -0.05) is 36.8 Å². The monoisotopic (exact) mass is 478 g/mol. The predicted octanol–water partition coefficient (Wildman–Crippen LogP) is 3.18. The molecule has 0 aliphatic carbocycles. The lowest BCUT2D eigenvalue weighted by atomic mass is 10.1. The van der Waals surface area contributed by atoms with Crippen LogP contribution in [0.1, 0.15) is 19.3 Å². The number of unbranched alkanes of at least 4 members (excludes halogenated alkanes) is 1. The largest absolute Gasteiger partial charge is 0.339 e. The summed E-state index contributed by atoms with van der Waals surface area (Å²) >= 11 is 1.81. The summed E-state index contributed by atoms with van der Waals surface area (Å²) in [4.78, 5) is 24.2. The standard InChI is InChI=1S/C26H34N6OS/c27-22(25(33)31-18-19-34-20-31)10-6-7-13-29-14-16-30(17-15-29)26-28-23-11-4-5-12-24(23)32(26)21-8-2-1-3-9-21/h1-5,8-9,11-12,22H,6-7,10,13-20,27H2. The van der Waals surface area contributed by atoms with Crippen molar-refractivity contribution in [2.45, 2.75) is 25.3 Å². The van der Waals surface area contributed by atoms with Gasteiger partial charge in [0, 0.05) is 44.2 Å². The number of para-hydroxylation sites is 3. The highest BCUT2D eigenvalue weighted by Gasteiger charge is 2.25. The fourth-order valence-electron chi connectivity index (χ4n) is 4.87. The van der Waals surface area contributed by atoms with E-state index in [1.165, 1.54) is 0 Å². The quantitative estimate of drug-likeness (QED) is 0.502. The van der Waals surface area contributed by atoms with Gasteiger partial charge in [-0.25, -0.2) is 4.98 Å². The summed E-state index contributed by atoms with van der Waals surface area (Å²) in [5, 5.41) is 0. The highest BCUT2D eigenvalue weighted by atomic mass is 32.2. The van der Waals surface area contributed by atoms with E-state index in [9.17, 15) is 4.79 Å². The minimum atomic E-state index is -0.346. The molecule has 2 fully saturated rings. The van der Waals surface area contributed by atoms with Crippen LogP contribution in [0.3, 0.4) is 0 Å². The molecule has 7 nitrogen and oxygen atoms in total. The fourth-order valence-corrected chi connectivity index (χ4v) is 5.83. The number of aromatic nitrogens is 2. The van der Waals surface area contributed by atoms with Gasteiger partial charge >= 0.3 is 0 Å². The van der Waals surface area contributed by atoms with Crippen LogP contribution in [-0.2, 0) is 4.79 Å². The molecule has 1 amide bonds. The lowest BCUT2D eigenvalue weighted by molar-refractivity contribution is -0.131. The van der Waals surface area contributed by atoms with Gasteiger partial charge in [0.15, 0.2) is 0 Å². The Hall–Kier alpha value is -2.55. The molecule has 5 rings (SSSR count). The van der Waals surface area contributed by atoms with Crippen molar-refractivity contribution in [3.05, 3.63) is 54.6 Å². The number of thioether (sulfide) groups is 1. The number of piperazine rings is 1. The minimum absolute atomic E-state index is 0.125. The number of hydrogen-bond acceptors (Lipinski definition) is 6. The maximum absolute atomic E-state index is 12.4. The molecular formula is C26H34N6OS. The Labute approximate surface area is 205 Å². The summed E-state index contributed by atoms with van der Waals surface area (Å²) in [6.07, 6.45) is 2.86. The molecule has 1 aromatic heterocycles. The molecule has 2 aliphatic rings. The Kier molecular flexibility index (Phi) is 7.37. The molecule has 0 radical (unpaired) electrons. The maximum Gasteiger partial charge on any atom is 0.240 e. The van der Waals surface area contributed by atoms with Gasteiger partial charge in [0.05, 0.1) is 23.0 Å². The van der Waals surface area contributed by atoms with E-state index >= 15 is 0 Å². The summed E-state index contributed by atoms with van der Waals surface area (Å²) in [6, 6.07) is 18.5. The second-order valence-electron chi connectivity index (χ2n) is 9.14. The number of carbonyl (C=O) groups is 1. The van der Waals surface area contributed by atoms with Crippen LogP contribution < -0.4 is 10.6 Å². The van der Waals surface area contributed by atoms with E-state index in [1.807, 2.05) is 16.7 Å². The van der Waals surface area contributed by atoms with E-state index in [1.54, 1.807) is 0 Å². The van der Waals surface area contributed by atoms with E-state index in [2.05, 4.69) is 69.0 Å². The summed E-state index contributed by atoms with van der Waals surface area (Å²) in [5.74, 6) is 2.98. The van der Waals surface area contributed by atoms with Crippen molar-refractivity contribution in [1.82, 2.24) is 19.4 Å². The first-order chi connectivity index (χ1) is 16.7. The molecule has 180 valence electrons. The molecule has 8 heteroatoms.